The van der Waals surface area contributed by atoms with Crippen LogP contribution in [0.4, 0.5) is 19.0 Å². The molecule has 6 rings (SSSR count). The van der Waals surface area contributed by atoms with E-state index in [1.807, 2.05) is 6.07 Å². The number of hydrogen-bond donors (Lipinski definition) is 3. The van der Waals surface area contributed by atoms with Crippen molar-refractivity contribution in [2.24, 2.45) is 5.41 Å². The quantitative estimate of drug-likeness (QED) is 0.642. The SMILES string of the molecule is Cc1cc(N[C@@H]2CCCN(CC34CC(O)(C3)C4)C2)nnc1-c1ccc(C(F)(F)F)cc1O. The molecule has 3 saturated carbocycles. The highest BCUT2D eigenvalue weighted by molar-refractivity contribution is 5.70. The second kappa shape index (κ2) is 7.31. The molecule has 1 aliphatic heterocycles. The Hall–Kier alpha value is -2.39. The van der Waals surface area contributed by atoms with Crippen LogP contribution in [0.1, 0.15) is 43.2 Å². The molecule has 1 saturated heterocycles. The van der Waals surface area contributed by atoms with Gasteiger partial charge in [0.15, 0.2) is 0 Å². The summed E-state index contributed by atoms with van der Waals surface area (Å²) >= 11 is 0. The standard InChI is InChI=1S/C23H27F3N4O2/c1-14-7-19(28-29-20(14)17-5-4-15(8-18(17)31)23(24,25)26)27-16-3-2-6-30(9-16)13-21-10-22(32,11-21)12-21/h4-5,7-8,16,31-32H,2-3,6,9-13H2,1H3,(H,27,28)/t16-,21?,22?/m1/s1. The van der Waals surface area contributed by atoms with Crippen LogP contribution < -0.4 is 5.32 Å². The van der Waals surface area contributed by atoms with Crippen molar-refractivity contribution in [2.45, 2.75) is 56.8 Å². The molecule has 0 radical (unpaired) electrons. The Morgan fingerprint density at radius 3 is 2.56 bits per heavy atom. The molecule has 4 fully saturated rings. The first kappa shape index (κ1) is 21.5. The Morgan fingerprint density at radius 1 is 1.19 bits per heavy atom. The molecule has 6 nitrogen and oxygen atoms in total. The largest absolute Gasteiger partial charge is 0.507 e. The van der Waals surface area contributed by atoms with Gasteiger partial charge in [-0.05, 0) is 80.8 Å². The topological polar surface area (TPSA) is 81.5 Å². The van der Waals surface area contributed by atoms with Gasteiger partial charge in [-0.1, -0.05) is 0 Å². The number of hydrogen-bond acceptors (Lipinski definition) is 6. The van der Waals surface area contributed by atoms with E-state index in [2.05, 4.69) is 20.4 Å². The third-order valence-corrected chi connectivity index (χ3v) is 7.09. The molecule has 0 unspecified atom stereocenters. The van der Waals surface area contributed by atoms with Crippen LogP contribution in [0.3, 0.4) is 0 Å². The van der Waals surface area contributed by atoms with Gasteiger partial charge in [-0.2, -0.15) is 13.2 Å². The molecule has 2 bridgehead atoms. The van der Waals surface area contributed by atoms with E-state index in [0.29, 0.717) is 28.6 Å². The highest BCUT2D eigenvalue weighted by Crippen LogP contribution is 2.67. The van der Waals surface area contributed by atoms with Crippen molar-refractivity contribution >= 4 is 5.82 Å². The maximum Gasteiger partial charge on any atom is 0.416 e. The van der Waals surface area contributed by atoms with Crippen molar-refractivity contribution in [2.75, 3.05) is 25.0 Å². The number of nitrogens with zero attached hydrogens (tertiary/aromatic N) is 3. The van der Waals surface area contributed by atoms with Crippen molar-refractivity contribution in [1.82, 2.24) is 15.1 Å². The molecular weight excluding hydrogens is 421 g/mol. The lowest BCUT2D eigenvalue weighted by Crippen LogP contribution is -2.70. The first-order valence-electron chi connectivity index (χ1n) is 11.0. The third kappa shape index (κ3) is 3.92. The number of aliphatic hydroxyl groups is 1. The monoisotopic (exact) mass is 448 g/mol. The van der Waals surface area contributed by atoms with E-state index in [4.69, 9.17) is 0 Å². The van der Waals surface area contributed by atoms with Gasteiger partial charge < -0.3 is 20.4 Å². The number of phenols is 1. The van der Waals surface area contributed by atoms with Crippen molar-refractivity contribution < 1.29 is 23.4 Å². The average molecular weight is 448 g/mol. The molecule has 1 aromatic heterocycles. The van der Waals surface area contributed by atoms with Crippen LogP contribution in [-0.2, 0) is 6.18 Å². The van der Waals surface area contributed by atoms with Gasteiger partial charge in [0.2, 0.25) is 0 Å². The summed E-state index contributed by atoms with van der Waals surface area (Å²) in [6, 6.07) is 4.92. The maximum atomic E-state index is 12.9. The van der Waals surface area contributed by atoms with Crippen molar-refractivity contribution in [3.05, 3.63) is 35.4 Å². The van der Waals surface area contributed by atoms with E-state index >= 15 is 0 Å². The number of aromatic nitrogens is 2. The van der Waals surface area contributed by atoms with Crippen LogP contribution >= 0.6 is 0 Å². The number of anilines is 1. The molecule has 9 heteroatoms. The summed E-state index contributed by atoms with van der Waals surface area (Å²) in [4.78, 5) is 2.47. The molecule has 172 valence electrons. The fraction of sp³-hybridized carbons (Fsp3) is 0.565. The van der Waals surface area contributed by atoms with Crippen LogP contribution in [0.25, 0.3) is 11.3 Å². The Kier molecular flexibility index (Phi) is 4.90. The molecule has 3 N–H and O–H groups in total. The number of aromatic hydroxyl groups is 1. The lowest BCUT2D eigenvalue weighted by atomic mass is 9.41. The van der Waals surface area contributed by atoms with Crippen LogP contribution in [0.5, 0.6) is 5.75 Å². The molecule has 3 aliphatic carbocycles. The van der Waals surface area contributed by atoms with Gasteiger partial charge in [-0.3, -0.25) is 0 Å². The minimum atomic E-state index is -4.52. The summed E-state index contributed by atoms with van der Waals surface area (Å²) in [6.07, 6.45) is 0.376. The van der Waals surface area contributed by atoms with Gasteiger partial charge in [-0.25, -0.2) is 0 Å². The van der Waals surface area contributed by atoms with Crippen molar-refractivity contribution in [3.8, 4) is 17.0 Å². The molecule has 32 heavy (non-hydrogen) atoms. The number of halogens is 3. The second-order valence-electron chi connectivity index (χ2n) is 9.96. The summed E-state index contributed by atoms with van der Waals surface area (Å²) in [5.74, 6) is 0.142. The first-order chi connectivity index (χ1) is 15.0. The predicted molar refractivity (Wildman–Crippen MR) is 113 cm³/mol. The fourth-order valence-electron chi connectivity index (χ4n) is 5.84. The first-order valence-corrected chi connectivity index (χ1v) is 11.0. The fourth-order valence-corrected chi connectivity index (χ4v) is 5.84. The number of alkyl halides is 3. The molecular formula is C23H27F3N4O2. The van der Waals surface area contributed by atoms with Crippen LogP contribution in [0.15, 0.2) is 24.3 Å². The Balaban J connectivity index is 1.24. The van der Waals surface area contributed by atoms with Gasteiger partial charge in [0.1, 0.15) is 11.6 Å². The summed E-state index contributed by atoms with van der Waals surface area (Å²) in [5.41, 5.74) is 0.333. The van der Waals surface area contributed by atoms with E-state index in [1.54, 1.807) is 6.92 Å². The number of nitrogens with one attached hydrogen (secondary N) is 1. The lowest BCUT2D eigenvalue weighted by Gasteiger charge is -2.69. The summed E-state index contributed by atoms with van der Waals surface area (Å²) in [5, 5.41) is 32.0. The molecule has 1 aromatic carbocycles. The number of benzene rings is 1. The van der Waals surface area contributed by atoms with Gasteiger partial charge in [-0.15, -0.1) is 10.2 Å². The molecule has 1 atom stereocenters. The smallest absolute Gasteiger partial charge is 0.416 e. The van der Waals surface area contributed by atoms with Crippen LogP contribution in [0, 0.1) is 12.3 Å². The molecule has 2 heterocycles. The predicted octanol–water partition coefficient (Wildman–Crippen LogP) is 3.97. The zero-order valence-corrected chi connectivity index (χ0v) is 17.9. The number of phenolic OH excluding ortho intramolecular Hbond substituents is 1. The number of piperidine rings is 1. The molecule has 0 spiro atoms. The number of likely N-dealkylation sites (tertiary alicyclic amines) is 1. The van der Waals surface area contributed by atoms with Gasteiger partial charge >= 0.3 is 6.18 Å². The zero-order valence-electron chi connectivity index (χ0n) is 17.9. The minimum Gasteiger partial charge on any atom is -0.507 e. The number of rotatable bonds is 5. The second-order valence-corrected chi connectivity index (χ2v) is 9.96. The average Bonchev–Trinajstić information content (AvgIpc) is 2.66. The van der Waals surface area contributed by atoms with Gasteiger partial charge in [0.25, 0.3) is 0 Å². The third-order valence-electron chi connectivity index (χ3n) is 7.09. The Morgan fingerprint density at radius 2 is 1.94 bits per heavy atom. The Bertz CT molecular complexity index is 1020. The van der Waals surface area contributed by atoms with Crippen LogP contribution in [-0.4, -0.2) is 56.6 Å². The van der Waals surface area contributed by atoms with Crippen LogP contribution in [0.2, 0.25) is 0 Å². The molecule has 4 aliphatic rings. The van der Waals surface area contributed by atoms with Gasteiger partial charge in [0.05, 0.1) is 16.9 Å². The van der Waals surface area contributed by atoms with E-state index in [0.717, 1.165) is 57.8 Å². The summed E-state index contributed by atoms with van der Waals surface area (Å²) in [7, 11) is 0. The molecule has 0 amide bonds. The minimum absolute atomic E-state index is 0.221. The summed E-state index contributed by atoms with van der Waals surface area (Å²) in [6.45, 7) is 4.80. The summed E-state index contributed by atoms with van der Waals surface area (Å²) < 4.78 is 38.6. The van der Waals surface area contributed by atoms with E-state index in [-0.39, 0.29) is 17.2 Å². The van der Waals surface area contributed by atoms with E-state index < -0.39 is 17.5 Å². The molecule has 2 aromatic rings. The maximum absolute atomic E-state index is 12.9. The van der Waals surface area contributed by atoms with Crippen molar-refractivity contribution in [3.63, 3.8) is 0 Å². The lowest BCUT2D eigenvalue weighted by molar-refractivity contribution is -0.265. The normalized spacial score (nSPS) is 29.8. The van der Waals surface area contributed by atoms with Gasteiger partial charge in [0, 0.05) is 24.7 Å². The highest BCUT2D eigenvalue weighted by Gasteiger charge is 2.67. The highest BCUT2D eigenvalue weighted by atomic mass is 19.4. The Labute approximate surface area is 184 Å². The van der Waals surface area contributed by atoms with Crippen molar-refractivity contribution in [1.29, 1.82) is 0 Å². The van der Waals surface area contributed by atoms with E-state index in [9.17, 15) is 23.4 Å². The zero-order chi connectivity index (χ0) is 22.7. The number of aryl methyl sites for hydroxylation is 1. The van der Waals surface area contributed by atoms with E-state index in [1.165, 1.54) is 6.07 Å².